The molecule has 1 N–H and O–H groups in total. The first-order chi connectivity index (χ1) is 6.63. The third-order valence-corrected chi connectivity index (χ3v) is 2.26. The molecule has 1 aromatic rings. The summed E-state index contributed by atoms with van der Waals surface area (Å²) in [4.78, 5) is 11.1. The molecule has 1 amide bonds. The van der Waals surface area contributed by atoms with Gasteiger partial charge >= 0.3 is 6.09 Å². The second-order valence-corrected chi connectivity index (χ2v) is 3.79. The molecule has 0 saturated carbocycles. The normalized spacial score (nSPS) is 9.64. The van der Waals surface area contributed by atoms with Crippen LogP contribution in [-0.4, -0.2) is 12.7 Å². The molecule has 0 aliphatic rings. The first-order valence-corrected chi connectivity index (χ1v) is 5.19. The first-order valence-electron chi connectivity index (χ1n) is 4.02. The molecule has 0 radical (unpaired) electrons. The standard InChI is InChI=1S/C9H9BrClNO2/c1-2-14-9(13)12-8-5-6(10)3-4-7(8)11/h3-5H,2H2,1H3,(H,12,13). The van der Waals surface area contributed by atoms with Crippen LogP contribution < -0.4 is 5.32 Å². The van der Waals surface area contributed by atoms with Crippen LogP contribution in [0.1, 0.15) is 6.92 Å². The monoisotopic (exact) mass is 277 g/mol. The van der Waals surface area contributed by atoms with Crippen molar-refractivity contribution in [2.45, 2.75) is 6.92 Å². The number of carbonyl (C=O) groups excluding carboxylic acids is 1. The van der Waals surface area contributed by atoms with E-state index in [-0.39, 0.29) is 0 Å². The molecule has 0 atom stereocenters. The van der Waals surface area contributed by atoms with E-state index in [0.29, 0.717) is 17.3 Å². The van der Waals surface area contributed by atoms with E-state index in [1.54, 1.807) is 25.1 Å². The van der Waals surface area contributed by atoms with Crippen molar-refractivity contribution in [2.75, 3.05) is 11.9 Å². The number of nitrogens with one attached hydrogen (secondary N) is 1. The van der Waals surface area contributed by atoms with E-state index in [2.05, 4.69) is 21.2 Å². The quantitative estimate of drug-likeness (QED) is 0.896. The molecule has 1 rings (SSSR count). The molecule has 3 nitrogen and oxygen atoms in total. The Morgan fingerprint density at radius 3 is 3.00 bits per heavy atom. The highest BCUT2D eigenvalue weighted by Gasteiger charge is 2.05. The van der Waals surface area contributed by atoms with Crippen molar-refractivity contribution in [1.29, 1.82) is 0 Å². The van der Waals surface area contributed by atoms with Crippen LogP contribution in [0.4, 0.5) is 10.5 Å². The third-order valence-electron chi connectivity index (χ3n) is 1.44. The Kier molecular flexibility index (Phi) is 4.22. The van der Waals surface area contributed by atoms with Crippen LogP contribution in [0.5, 0.6) is 0 Å². The molecule has 76 valence electrons. The topological polar surface area (TPSA) is 38.3 Å². The predicted molar refractivity (Wildman–Crippen MR) is 59.8 cm³/mol. The van der Waals surface area contributed by atoms with Crippen LogP contribution in [0.3, 0.4) is 0 Å². The summed E-state index contributed by atoms with van der Waals surface area (Å²) in [5.74, 6) is 0. The van der Waals surface area contributed by atoms with Crippen molar-refractivity contribution < 1.29 is 9.53 Å². The van der Waals surface area contributed by atoms with Crippen molar-refractivity contribution in [3.63, 3.8) is 0 Å². The number of hydrogen-bond acceptors (Lipinski definition) is 2. The molecule has 0 aliphatic heterocycles. The van der Waals surface area contributed by atoms with Crippen LogP contribution in [0.25, 0.3) is 0 Å². The zero-order valence-electron chi connectivity index (χ0n) is 7.51. The van der Waals surface area contributed by atoms with Gasteiger partial charge in [0.15, 0.2) is 0 Å². The van der Waals surface area contributed by atoms with Gasteiger partial charge in [0, 0.05) is 4.47 Å². The molecule has 14 heavy (non-hydrogen) atoms. The van der Waals surface area contributed by atoms with Gasteiger partial charge in [-0.15, -0.1) is 0 Å². The lowest BCUT2D eigenvalue weighted by molar-refractivity contribution is 0.168. The van der Waals surface area contributed by atoms with Gasteiger partial charge < -0.3 is 4.74 Å². The molecule has 0 heterocycles. The van der Waals surface area contributed by atoms with E-state index in [1.165, 1.54) is 0 Å². The van der Waals surface area contributed by atoms with Crippen LogP contribution in [0.15, 0.2) is 22.7 Å². The second-order valence-electron chi connectivity index (χ2n) is 2.47. The summed E-state index contributed by atoms with van der Waals surface area (Å²) in [6.07, 6.45) is -0.507. The summed E-state index contributed by atoms with van der Waals surface area (Å²) < 4.78 is 5.56. The SMILES string of the molecule is CCOC(=O)Nc1cc(Br)ccc1Cl. The lowest BCUT2D eigenvalue weighted by Crippen LogP contribution is -2.13. The highest BCUT2D eigenvalue weighted by atomic mass is 79.9. The number of hydrogen-bond donors (Lipinski definition) is 1. The maximum Gasteiger partial charge on any atom is 0.411 e. The average molecular weight is 279 g/mol. The van der Waals surface area contributed by atoms with Gasteiger partial charge in [0.25, 0.3) is 0 Å². The molecule has 0 fully saturated rings. The number of benzene rings is 1. The van der Waals surface area contributed by atoms with Crippen molar-refractivity contribution in [2.24, 2.45) is 0 Å². The second kappa shape index (κ2) is 5.22. The first kappa shape index (κ1) is 11.3. The maximum absolute atomic E-state index is 11.1. The number of anilines is 1. The number of amides is 1. The van der Waals surface area contributed by atoms with Gasteiger partial charge in [-0.1, -0.05) is 27.5 Å². The lowest BCUT2D eigenvalue weighted by Gasteiger charge is -2.06. The summed E-state index contributed by atoms with van der Waals surface area (Å²) in [6.45, 7) is 2.07. The van der Waals surface area contributed by atoms with Gasteiger partial charge in [0.05, 0.1) is 17.3 Å². The Hall–Kier alpha value is -0.740. The molecule has 0 aromatic heterocycles. The molecule has 0 saturated heterocycles. The van der Waals surface area contributed by atoms with Crippen molar-refractivity contribution in [3.8, 4) is 0 Å². The highest BCUT2D eigenvalue weighted by Crippen LogP contribution is 2.25. The van der Waals surface area contributed by atoms with Crippen molar-refractivity contribution >= 4 is 39.3 Å². The minimum Gasteiger partial charge on any atom is -0.450 e. The Bertz CT molecular complexity index is 344. The van der Waals surface area contributed by atoms with Gasteiger partial charge in [0.2, 0.25) is 0 Å². The number of carbonyl (C=O) groups is 1. The van der Waals surface area contributed by atoms with Gasteiger partial charge in [-0.3, -0.25) is 5.32 Å². The van der Waals surface area contributed by atoms with Crippen molar-refractivity contribution in [3.05, 3.63) is 27.7 Å². The summed E-state index contributed by atoms with van der Waals surface area (Å²) in [7, 11) is 0. The van der Waals surface area contributed by atoms with Gasteiger partial charge in [-0.05, 0) is 25.1 Å². The summed E-state index contributed by atoms with van der Waals surface area (Å²) >= 11 is 9.12. The summed E-state index contributed by atoms with van der Waals surface area (Å²) in [5, 5.41) is 3.00. The Morgan fingerprint density at radius 1 is 1.64 bits per heavy atom. The molecule has 5 heteroatoms. The van der Waals surface area contributed by atoms with E-state index in [0.717, 1.165) is 4.47 Å². The van der Waals surface area contributed by atoms with Crippen LogP contribution in [0, 0.1) is 0 Å². The van der Waals surface area contributed by atoms with E-state index >= 15 is 0 Å². The number of halogens is 2. The number of ether oxygens (including phenoxy) is 1. The molecular formula is C9H9BrClNO2. The molecule has 0 unspecified atom stereocenters. The van der Waals surface area contributed by atoms with Crippen LogP contribution in [0.2, 0.25) is 5.02 Å². The fourth-order valence-corrected chi connectivity index (χ4v) is 1.40. The third kappa shape index (κ3) is 3.20. The Labute approximate surface area is 95.5 Å². The number of rotatable bonds is 2. The van der Waals surface area contributed by atoms with E-state index in [9.17, 15) is 4.79 Å². The zero-order chi connectivity index (χ0) is 10.6. The zero-order valence-corrected chi connectivity index (χ0v) is 9.85. The average Bonchev–Trinajstić information content (AvgIpc) is 2.12. The lowest BCUT2D eigenvalue weighted by atomic mass is 10.3. The molecule has 0 spiro atoms. The van der Waals surface area contributed by atoms with Gasteiger partial charge in [-0.2, -0.15) is 0 Å². The largest absolute Gasteiger partial charge is 0.450 e. The molecule has 1 aromatic carbocycles. The summed E-state index contributed by atoms with van der Waals surface area (Å²) in [6, 6.07) is 5.19. The van der Waals surface area contributed by atoms with Gasteiger partial charge in [-0.25, -0.2) is 4.79 Å². The smallest absolute Gasteiger partial charge is 0.411 e. The van der Waals surface area contributed by atoms with E-state index < -0.39 is 6.09 Å². The van der Waals surface area contributed by atoms with E-state index in [1.807, 2.05) is 0 Å². The minimum atomic E-state index is -0.507. The Morgan fingerprint density at radius 2 is 2.36 bits per heavy atom. The van der Waals surface area contributed by atoms with Crippen LogP contribution >= 0.6 is 27.5 Å². The summed E-state index contributed by atoms with van der Waals surface area (Å²) in [5.41, 5.74) is 0.527. The predicted octanol–water partition coefficient (Wildman–Crippen LogP) is 3.67. The fourth-order valence-electron chi connectivity index (χ4n) is 0.870. The molecule has 0 bridgehead atoms. The highest BCUT2D eigenvalue weighted by molar-refractivity contribution is 9.10. The Balaban J connectivity index is 2.75. The molecule has 0 aliphatic carbocycles. The fraction of sp³-hybridized carbons (Fsp3) is 0.222. The van der Waals surface area contributed by atoms with Crippen molar-refractivity contribution in [1.82, 2.24) is 0 Å². The van der Waals surface area contributed by atoms with Crippen LogP contribution in [-0.2, 0) is 4.74 Å². The maximum atomic E-state index is 11.1. The van der Waals surface area contributed by atoms with Gasteiger partial charge in [0.1, 0.15) is 0 Å². The van der Waals surface area contributed by atoms with E-state index in [4.69, 9.17) is 16.3 Å². The minimum absolute atomic E-state index is 0.331. The molecular weight excluding hydrogens is 269 g/mol.